The van der Waals surface area contributed by atoms with Crippen LogP contribution in [0.3, 0.4) is 0 Å². The molecule has 0 spiro atoms. The molecule has 0 bridgehead atoms. The number of nitrogens with zero attached hydrogens (tertiary/aromatic N) is 3. The molecule has 11 nitrogen and oxygen atoms in total. The second-order valence-electron chi connectivity index (χ2n) is 16.4. The molecule has 13 heteroatoms. The highest BCUT2D eigenvalue weighted by Crippen LogP contribution is 2.38. The van der Waals surface area contributed by atoms with Crippen molar-refractivity contribution in [2.45, 2.75) is 58.3 Å². The van der Waals surface area contributed by atoms with Crippen molar-refractivity contribution in [3.63, 3.8) is 0 Å². The molecule has 5 rings (SSSR count). The van der Waals surface area contributed by atoms with Gasteiger partial charge in [0.05, 0.1) is 17.8 Å². The summed E-state index contributed by atoms with van der Waals surface area (Å²) in [6.07, 6.45) is 29.0. The van der Waals surface area contributed by atoms with Crippen molar-refractivity contribution in [1.29, 1.82) is 0 Å². The van der Waals surface area contributed by atoms with E-state index < -0.39 is 0 Å². The first-order valence-corrected chi connectivity index (χ1v) is 26.1. The SMILES string of the molecule is CC/C=C\C/C=C\C/C=C\C/C=C\C/C=C\CCCC(=O)NCCSSCCNC(=O)c1ccc2c(c1)NC(=O)/C2=C(\Nc1ccc(N(C)C(=O)CN2CCN(C)CC2)cc1)c1ccccc1. The van der Waals surface area contributed by atoms with Crippen LogP contribution in [-0.4, -0.2) is 105 Å². The summed E-state index contributed by atoms with van der Waals surface area (Å²) in [5, 5.41) is 12.5. The molecule has 0 atom stereocenters. The van der Waals surface area contributed by atoms with Gasteiger partial charge in [-0.3, -0.25) is 24.1 Å². The summed E-state index contributed by atoms with van der Waals surface area (Å²) in [6, 6.07) is 22.6. The molecule has 0 aromatic heterocycles. The third kappa shape index (κ3) is 18.5. The minimum atomic E-state index is -0.268. The van der Waals surface area contributed by atoms with Crippen LogP contribution in [0.2, 0.25) is 0 Å². The summed E-state index contributed by atoms with van der Waals surface area (Å²) < 4.78 is 0. The van der Waals surface area contributed by atoms with Crippen molar-refractivity contribution in [3.05, 3.63) is 150 Å². The van der Waals surface area contributed by atoms with Crippen LogP contribution in [0.15, 0.2) is 134 Å². The second kappa shape index (κ2) is 29.9. The summed E-state index contributed by atoms with van der Waals surface area (Å²) in [5.41, 5.74) is 5.20. The molecule has 4 N–H and O–H groups in total. The molecular formula is C54H69N7O4S2. The molecule has 3 aromatic carbocycles. The molecule has 3 aromatic rings. The lowest BCUT2D eigenvalue weighted by Gasteiger charge is -2.32. The number of fused-ring (bicyclic) bond motifs is 1. The van der Waals surface area contributed by atoms with Gasteiger partial charge in [-0.1, -0.05) is 126 Å². The number of anilines is 3. The summed E-state index contributed by atoms with van der Waals surface area (Å²) in [4.78, 5) is 58.3. The number of carbonyl (C=O) groups excluding carboxylic acids is 4. The molecule has 0 unspecified atom stereocenters. The Morgan fingerprint density at radius 2 is 1.34 bits per heavy atom. The quantitative estimate of drug-likeness (QED) is 0.0256. The van der Waals surface area contributed by atoms with E-state index in [0.29, 0.717) is 59.9 Å². The molecule has 0 radical (unpaired) electrons. The van der Waals surface area contributed by atoms with Crippen molar-refractivity contribution >= 4 is 73.5 Å². The van der Waals surface area contributed by atoms with E-state index >= 15 is 0 Å². The third-order valence-electron chi connectivity index (χ3n) is 11.2. The van der Waals surface area contributed by atoms with E-state index in [1.54, 1.807) is 45.7 Å². The number of carbonyl (C=O) groups is 4. The van der Waals surface area contributed by atoms with Crippen LogP contribution in [0.5, 0.6) is 0 Å². The maximum absolute atomic E-state index is 13.6. The van der Waals surface area contributed by atoms with Gasteiger partial charge in [-0.15, -0.1) is 0 Å². The maximum atomic E-state index is 13.6. The number of rotatable bonds is 27. The van der Waals surface area contributed by atoms with Gasteiger partial charge >= 0.3 is 0 Å². The number of amides is 4. The minimum absolute atomic E-state index is 0.0384. The van der Waals surface area contributed by atoms with Gasteiger partial charge in [0.2, 0.25) is 11.8 Å². The van der Waals surface area contributed by atoms with Gasteiger partial charge in [-0.25, -0.2) is 0 Å². The lowest BCUT2D eigenvalue weighted by atomic mass is 9.99. The lowest BCUT2D eigenvalue weighted by molar-refractivity contribution is -0.121. The first kappa shape index (κ1) is 52.4. The lowest BCUT2D eigenvalue weighted by Crippen LogP contribution is -2.48. The van der Waals surface area contributed by atoms with Crippen LogP contribution >= 0.6 is 21.6 Å². The molecule has 356 valence electrons. The Morgan fingerprint density at radius 3 is 1.99 bits per heavy atom. The Labute approximate surface area is 406 Å². The van der Waals surface area contributed by atoms with Crippen LogP contribution in [-0.2, 0) is 14.4 Å². The second-order valence-corrected chi connectivity index (χ2v) is 19.1. The highest BCUT2D eigenvalue weighted by molar-refractivity contribution is 8.76. The predicted octanol–water partition coefficient (Wildman–Crippen LogP) is 9.98. The zero-order chi connectivity index (χ0) is 47.5. The van der Waals surface area contributed by atoms with Crippen LogP contribution in [0, 0.1) is 0 Å². The maximum Gasteiger partial charge on any atom is 0.258 e. The van der Waals surface area contributed by atoms with Crippen LogP contribution in [0.25, 0.3) is 11.3 Å². The van der Waals surface area contributed by atoms with Gasteiger partial charge in [-0.2, -0.15) is 0 Å². The number of hydrogen-bond donors (Lipinski definition) is 4. The summed E-state index contributed by atoms with van der Waals surface area (Å²) in [7, 11) is 7.22. The fourth-order valence-electron chi connectivity index (χ4n) is 7.30. The van der Waals surface area contributed by atoms with Crippen molar-refractivity contribution < 1.29 is 19.2 Å². The van der Waals surface area contributed by atoms with Crippen LogP contribution < -0.4 is 26.2 Å². The fourth-order valence-corrected chi connectivity index (χ4v) is 9.12. The average Bonchev–Trinajstić information content (AvgIpc) is 3.67. The largest absolute Gasteiger partial charge is 0.355 e. The van der Waals surface area contributed by atoms with Gasteiger partial charge in [-0.05, 0) is 94.0 Å². The zero-order valence-corrected chi connectivity index (χ0v) is 41.1. The van der Waals surface area contributed by atoms with E-state index in [-0.39, 0.29) is 23.6 Å². The Hall–Kier alpha value is -5.60. The minimum Gasteiger partial charge on any atom is -0.355 e. The average molecular weight is 944 g/mol. The number of hydrogen-bond acceptors (Lipinski definition) is 9. The molecule has 0 saturated carbocycles. The Morgan fingerprint density at radius 1 is 0.731 bits per heavy atom. The first-order valence-electron chi connectivity index (χ1n) is 23.6. The molecule has 2 aliphatic rings. The molecule has 1 saturated heterocycles. The van der Waals surface area contributed by atoms with Crippen molar-refractivity contribution in [1.82, 2.24) is 20.4 Å². The fraction of sp³-hybridized carbons (Fsp3) is 0.370. The molecule has 0 aliphatic carbocycles. The van der Waals surface area contributed by atoms with Gasteiger partial charge in [0.15, 0.2) is 0 Å². The highest BCUT2D eigenvalue weighted by Gasteiger charge is 2.29. The number of unbranched alkanes of at least 4 members (excludes halogenated alkanes) is 1. The van der Waals surface area contributed by atoms with Crippen molar-refractivity contribution in [2.75, 3.05) is 86.9 Å². The van der Waals surface area contributed by atoms with Gasteiger partial charge in [0.1, 0.15) is 0 Å². The monoisotopic (exact) mass is 943 g/mol. The Balaban J connectivity index is 0.986. The van der Waals surface area contributed by atoms with Gasteiger partial charge in [0.25, 0.3) is 11.8 Å². The van der Waals surface area contributed by atoms with Crippen molar-refractivity contribution in [2.24, 2.45) is 0 Å². The number of likely N-dealkylation sites (N-methyl/N-ethyl adjacent to an activating group) is 2. The van der Waals surface area contributed by atoms with Gasteiger partial charge in [0, 0.05) is 92.4 Å². The zero-order valence-electron chi connectivity index (χ0n) is 39.5. The van der Waals surface area contributed by atoms with E-state index in [1.807, 2.05) is 60.7 Å². The van der Waals surface area contributed by atoms with Crippen molar-refractivity contribution in [3.8, 4) is 0 Å². The number of piperazine rings is 1. The molecule has 2 heterocycles. The number of benzene rings is 3. The highest BCUT2D eigenvalue weighted by atomic mass is 33.1. The standard InChI is InChI=1S/C54H69N7O4S2/c1-4-5-6-7-8-9-10-11-12-13-14-15-16-17-18-19-23-26-49(62)55-33-39-66-67-40-34-56-53(64)44-27-32-47-48(41-44)58-54(65)51(47)52(43-24-21-20-22-25-43)57-45-28-30-46(31-29-45)60(3)50(63)42-61-37-35-59(2)36-38-61/h5-6,8-9,11-12,14-15,17-18,20-22,24-25,27-32,41,57H,4,7,10,13,16,19,23,26,33-40,42H2,1-3H3,(H,55,62)(H,56,64)(H,58,65)/b6-5-,9-8-,12-11-,15-14-,18-17-,52-51-. The van der Waals surface area contributed by atoms with E-state index in [0.717, 1.165) is 93.8 Å². The summed E-state index contributed by atoms with van der Waals surface area (Å²) >= 11 is 0. The molecule has 67 heavy (non-hydrogen) atoms. The summed E-state index contributed by atoms with van der Waals surface area (Å²) in [5.74, 6) is 1.12. The van der Waals surface area contributed by atoms with Gasteiger partial charge < -0.3 is 31.1 Å². The van der Waals surface area contributed by atoms with E-state index in [9.17, 15) is 19.2 Å². The molecule has 4 amide bonds. The number of allylic oxidation sites excluding steroid dienone is 10. The topological polar surface area (TPSA) is 126 Å². The Kier molecular flexibility index (Phi) is 23.4. The smallest absolute Gasteiger partial charge is 0.258 e. The third-order valence-corrected chi connectivity index (χ3v) is 13.6. The number of nitrogens with one attached hydrogen (secondary N) is 4. The van der Waals surface area contributed by atoms with E-state index in [4.69, 9.17) is 0 Å². The molecule has 2 aliphatic heterocycles. The normalized spacial score (nSPS) is 15.2. The summed E-state index contributed by atoms with van der Waals surface area (Å²) in [6.45, 7) is 7.27. The Bertz CT molecular complexity index is 2230. The van der Waals surface area contributed by atoms with Crippen LogP contribution in [0.4, 0.5) is 17.1 Å². The predicted molar refractivity (Wildman–Crippen MR) is 284 cm³/mol. The van der Waals surface area contributed by atoms with E-state index in [2.05, 4.69) is 106 Å². The molecule has 1 fully saturated rings. The van der Waals surface area contributed by atoms with E-state index in [1.165, 1.54) is 0 Å². The first-order chi connectivity index (χ1) is 32.7. The van der Waals surface area contributed by atoms with Crippen LogP contribution in [0.1, 0.15) is 79.8 Å². The molecular weight excluding hydrogens is 875 g/mol.